The smallest absolute Gasteiger partial charge is 0.313 e. The molecule has 3 atom stereocenters. The van der Waals surface area contributed by atoms with Crippen molar-refractivity contribution in [3.8, 4) is 0 Å². The largest absolute Gasteiger partial charge is 0.466 e. The first kappa shape index (κ1) is 16.4. The van der Waals surface area contributed by atoms with Gasteiger partial charge in [0.15, 0.2) is 0 Å². The van der Waals surface area contributed by atoms with Crippen LogP contribution in [0.15, 0.2) is 0 Å². The maximum absolute atomic E-state index is 12.3. The van der Waals surface area contributed by atoms with E-state index in [9.17, 15) is 4.79 Å². The average molecular weight is 271 g/mol. The lowest BCUT2D eigenvalue weighted by atomic mass is 9.75. The normalized spacial score (nSPS) is 26.4. The van der Waals surface area contributed by atoms with Crippen LogP contribution < -0.4 is 5.73 Å². The van der Waals surface area contributed by atoms with E-state index >= 15 is 0 Å². The second kappa shape index (κ2) is 7.25. The molecule has 4 nitrogen and oxygen atoms in total. The van der Waals surface area contributed by atoms with Gasteiger partial charge in [-0.3, -0.25) is 4.79 Å². The molecule has 0 bridgehead atoms. The van der Waals surface area contributed by atoms with Gasteiger partial charge in [-0.1, -0.05) is 13.8 Å². The summed E-state index contributed by atoms with van der Waals surface area (Å²) in [7, 11) is 0. The Bertz CT molecular complexity index is 293. The molecular weight excluding hydrogens is 242 g/mol. The van der Waals surface area contributed by atoms with Crippen LogP contribution in [0.3, 0.4) is 0 Å². The predicted molar refractivity (Wildman–Crippen MR) is 75.8 cm³/mol. The quantitative estimate of drug-likeness (QED) is 0.723. The maximum atomic E-state index is 12.3. The van der Waals surface area contributed by atoms with Crippen LogP contribution in [0.5, 0.6) is 0 Å². The summed E-state index contributed by atoms with van der Waals surface area (Å²) >= 11 is 0. The van der Waals surface area contributed by atoms with Crippen molar-refractivity contribution in [2.24, 2.45) is 17.1 Å². The number of hydrogen-bond donors (Lipinski definition) is 1. The molecule has 1 heterocycles. The zero-order valence-electron chi connectivity index (χ0n) is 12.8. The van der Waals surface area contributed by atoms with E-state index in [-0.39, 0.29) is 12.1 Å². The van der Waals surface area contributed by atoms with Crippen molar-refractivity contribution in [1.82, 2.24) is 0 Å². The Balaban J connectivity index is 2.79. The van der Waals surface area contributed by atoms with E-state index in [1.807, 2.05) is 6.92 Å². The molecule has 4 heteroatoms. The Labute approximate surface area is 117 Å². The van der Waals surface area contributed by atoms with Gasteiger partial charge in [-0.25, -0.2) is 0 Å². The van der Waals surface area contributed by atoms with Crippen molar-refractivity contribution in [2.75, 3.05) is 13.2 Å². The van der Waals surface area contributed by atoms with Crippen molar-refractivity contribution >= 4 is 5.97 Å². The van der Waals surface area contributed by atoms with Gasteiger partial charge in [0.2, 0.25) is 0 Å². The third kappa shape index (κ3) is 4.46. The Morgan fingerprint density at radius 1 is 1.47 bits per heavy atom. The second-order valence-corrected chi connectivity index (χ2v) is 6.15. The molecule has 1 rings (SSSR count). The van der Waals surface area contributed by atoms with Crippen molar-refractivity contribution in [3.05, 3.63) is 0 Å². The van der Waals surface area contributed by atoms with Crippen LogP contribution in [0.1, 0.15) is 53.4 Å². The molecule has 0 spiro atoms. The summed E-state index contributed by atoms with van der Waals surface area (Å²) < 4.78 is 11.1. The number of hydrogen-bond acceptors (Lipinski definition) is 4. The molecule has 0 aromatic carbocycles. The molecule has 0 radical (unpaired) electrons. The van der Waals surface area contributed by atoms with Gasteiger partial charge in [-0.15, -0.1) is 0 Å². The number of ether oxygens (including phenoxy) is 2. The van der Waals surface area contributed by atoms with Crippen molar-refractivity contribution < 1.29 is 14.3 Å². The fourth-order valence-corrected chi connectivity index (χ4v) is 3.04. The lowest BCUT2D eigenvalue weighted by Gasteiger charge is -2.33. The zero-order valence-corrected chi connectivity index (χ0v) is 12.8. The van der Waals surface area contributed by atoms with E-state index in [2.05, 4.69) is 20.8 Å². The Hall–Kier alpha value is -0.610. The number of nitrogens with two attached hydrogens (primary N) is 1. The van der Waals surface area contributed by atoms with E-state index in [1.165, 1.54) is 0 Å². The van der Waals surface area contributed by atoms with E-state index in [0.29, 0.717) is 31.6 Å². The lowest BCUT2D eigenvalue weighted by Crippen LogP contribution is -2.43. The third-order valence-corrected chi connectivity index (χ3v) is 3.84. The molecule has 1 aliphatic rings. The zero-order chi connectivity index (χ0) is 14.5. The molecule has 2 N–H and O–H groups in total. The Morgan fingerprint density at radius 2 is 2.16 bits per heavy atom. The van der Waals surface area contributed by atoms with Crippen molar-refractivity contribution in [2.45, 2.75) is 65.6 Å². The number of carbonyl (C=O) groups is 1. The standard InChI is InChI=1S/C15H29NO3/c1-5-18-14(17)15(10-16,8-11(2)3)9-13-7-6-12(4)19-13/h11-13H,5-10,16H2,1-4H3. The van der Waals surface area contributed by atoms with Crippen molar-refractivity contribution in [1.29, 1.82) is 0 Å². The highest BCUT2D eigenvalue weighted by Gasteiger charge is 2.42. The third-order valence-electron chi connectivity index (χ3n) is 3.84. The van der Waals surface area contributed by atoms with Crippen LogP contribution in [0, 0.1) is 11.3 Å². The van der Waals surface area contributed by atoms with Gasteiger partial charge in [0.05, 0.1) is 24.2 Å². The highest BCUT2D eigenvalue weighted by Crippen LogP contribution is 2.36. The van der Waals surface area contributed by atoms with E-state index in [1.54, 1.807) is 0 Å². The molecule has 112 valence electrons. The summed E-state index contributed by atoms with van der Waals surface area (Å²) in [6, 6.07) is 0. The van der Waals surface area contributed by atoms with Crippen molar-refractivity contribution in [3.63, 3.8) is 0 Å². The summed E-state index contributed by atoms with van der Waals surface area (Å²) in [5.74, 6) is 0.251. The minimum atomic E-state index is -0.584. The van der Waals surface area contributed by atoms with Gasteiger partial charge >= 0.3 is 5.97 Å². The molecule has 0 aromatic rings. The highest BCUT2D eigenvalue weighted by molar-refractivity contribution is 5.77. The monoisotopic (exact) mass is 271 g/mol. The summed E-state index contributed by atoms with van der Waals surface area (Å²) in [6.45, 7) is 8.88. The van der Waals surface area contributed by atoms with Crippen LogP contribution in [-0.4, -0.2) is 31.3 Å². The molecule has 0 saturated carbocycles. The lowest BCUT2D eigenvalue weighted by molar-refractivity contribution is -0.158. The predicted octanol–water partition coefficient (Wildman–Crippen LogP) is 2.50. The summed E-state index contributed by atoms with van der Waals surface area (Å²) in [5, 5.41) is 0. The van der Waals surface area contributed by atoms with Crippen LogP contribution in [0.2, 0.25) is 0 Å². The first-order valence-corrected chi connectivity index (χ1v) is 7.46. The average Bonchev–Trinajstić information content (AvgIpc) is 2.73. The van der Waals surface area contributed by atoms with Gasteiger partial charge in [0.1, 0.15) is 0 Å². The topological polar surface area (TPSA) is 61.5 Å². The number of esters is 1. The minimum Gasteiger partial charge on any atom is -0.466 e. The summed E-state index contributed by atoms with van der Waals surface area (Å²) in [6.07, 6.45) is 3.96. The van der Waals surface area contributed by atoms with Gasteiger partial charge in [0, 0.05) is 6.54 Å². The molecule has 19 heavy (non-hydrogen) atoms. The minimum absolute atomic E-state index is 0.140. The summed E-state index contributed by atoms with van der Waals surface area (Å²) in [4.78, 5) is 12.3. The first-order chi connectivity index (χ1) is 8.93. The first-order valence-electron chi connectivity index (χ1n) is 7.46. The molecule has 3 unspecified atom stereocenters. The number of rotatable bonds is 7. The van der Waals surface area contributed by atoms with E-state index in [4.69, 9.17) is 15.2 Å². The molecule has 1 aliphatic heterocycles. The fraction of sp³-hybridized carbons (Fsp3) is 0.933. The molecular formula is C15H29NO3. The van der Waals surface area contributed by atoms with Crippen LogP contribution >= 0.6 is 0 Å². The van der Waals surface area contributed by atoms with Crippen LogP contribution in [0.25, 0.3) is 0 Å². The molecule has 1 fully saturated rings. The van der Waals surface area contributed by atoms with E-state index < -0.39 is 5.41 Å². The second-order valence-electron chi connectivity index (χ2n) is 6.15. The Morgan fingerprint density at radius 3 is 2.58 bits per heavy atom. The number of carbonyl (C=O) groups excluding carboxylic acids is 1. The van der Waals surface area contributed by atoms with Gasteiger partial charge in [0.25, 0.3) is 0 Å². The van der Waals surface area contributed by atoms with Gasteiger partial charge < -0.3 is 15.2 Å². The van der Waals surface area contributed by atoms with E-state index in [0.717, 1.165) is 19.3 Å². The fourth-order valence-electron chi connectivity index (χ4n) is 3.04. The molecule has 0 aromatic heterocycles. The SMILES string of the molecule is CCOC(=O)C(CN)(CC(C)C)CC1CCC(C)O1. The molecule has 0 aliphatic carbocycles. The maximum Gasteiger partial charge on any atom is 0.313 e. The van der Waals surface area contributed by atoms with Crippen LogP contribution in [0.4, 0.5) is 0 Å². The summed E-state index contributed by atoms with van der Waals surface area (Å²) in [5.41, 5.74) is 5.36. The Kier molecular flexibility index (Phi) is 6.27. The van der Waals surface area contributed by atoms with Gasteiger partial charge in [-0.2, -0.15) is 0 Å². The van der Waals surface area contributed by atoms with Crippen LogP contribution in [-0.2, 0) is 14.3 Å². The molecule has 1 saturated heterocycles. The van der Waals surface area contributed by atoms with Gasteiger partial charge in [-0.05, 0) is 45.4 Å². The highest BCUT2D eigenvalue weighted by atomic mass is 16.5. The molecule has 0 amide bonds.